The molecule has 0 aliphatic carbocycles. The second-order valence-corrected chi connectivity index (χ2v) is 5.44. The van der Waals surface area contributed by atoms with Crippen LogP contribution in [-0.4, -0.2) is 30.9 Å². The van der Waals surface area contributed by atoms with Crippen molar-refractivity contribution >= 4 is 22.6 Å². The Morgan fingerprint density at radius 3 is 2.48 bits per heavy atom. The Kier molecular flexibility index (Phi) is 3.59. The van der Waals surface area contributed by atoms with Gasteiger partial charge in [0.2, 0.25) is 0 Å². The molecule has 0 saturated heterocycles. The van der Waals surface area contributed by atoms with Crippen LogP contribution in [0.2, 0.25) is 0 Å². The maximum absolute atomic E-state index is 11.7. The third-order valence-corrected chi connectivity index (χ3v) is 3.79. The molecule has 122 valence electrons. The van der Waals surface area contributed by atoms with Crippen molar-refractivity contribution in [2.24, 2.45) is 0 Å². The lowest BCUT2D eigenvalue weighted by Crippen LogP contribution is -2.06. The van der Waals surface area contributed by atoms with E-state index in [1.807, 2.05) is 30.3 Å². The molecule has 2 aromatic heterocycles. The molecule has 0 amide bonds. The Labute approximate surface area is 142 Å². The third-order valence-electron chi connectivity index (χ3n) is 3.79. The van der Waals surface area contributed by atoms with Crippen LogP contribution in [-0.2, 0) is 0 Å². The smallest absolute Gasteiger partial charge is 0.336 e. The predicted molar refractivity (Wildman–Crippen MR) is 93.2 cm³/mol. The number of anilines is 1. The minimum absolute atomic E-state index is 0.222. The summed E-state index contributed by atoms with van der Waals surface area (Å²) in [5.41, 5.74) is 6.14. The van der Waals surface area contributed by atoms with E-state index in [9.17, 15) is 9.90 Å². The first-order chi connectivity index (χ1) is 12.2. The fraction of sp³-hybridized carbons (Fsp3) is 0. The lowest BCUT2D eigenvalue weighted by molar-refractivity contribution is 0.0699. The highest BCUT2D eigenvalue weighted by Gasteiger charge is 2.13. The number of aromatic carboxylic acids is 1. The topological polar surface area (TPSA) is 92.9 Å². The van der Waals surface area contributed by atoms with E-state index < -0.39 is 5.97 Å². The number of carboxylic acid groups (broad SMARTS) is 1. The highest BCUT2D eigenvalue weighted by atomic mass is 16.4. The van der Waals surface area contributed by atoms with Crippen molar-refractivity contribution < 1.29 is 9.90 Å². The summed E-state index contributed by atoms with van der Waals surface area (Å²) in [6.07, 6.45) is 3.06. The third kappa shape index (κ3) is 2.90. The molecule has 2 heterocycles. The van der Waals surface area contributed by atoms with Crippen LogP contribution in [0.3, 0.4) is 0 Å². The van der Waals surface area contributed by atoms with Gasteiger partial charge < -0.3 is 5.11 Å². The summed E-state index contributed by atoms with van der Waals surface area (Å²) < 4.78 is 1.60. The van der Waals surface area contributed by atoms with E-state index in [0.29, 0.717) is 16.6 Å². The Hall–Kier alpha value is -3.74. The summed E-state index contributed by atoms with van der Waals surface area (Å²) in [7, 11) is 0. The van der Waals surface area contributed by atoms with Gasteiger partial charge in [-0.25, -0.2) is 14.5 Å². The molecule has 7 heteroatoms. The molecule has 0 aliphatic heterocycles. The molecule has 7 nitrogen and oxygen atoms in total. The lowest BCUT2D eigenvalue weighted by Gasteiger charge is -2.10. The molecule has 0 spiro atoms. The summed E-state index contributed by atoms with van der Waals surface area (Å²) in [5, 5.41) is 17.6. The first kappa shape index (κ1) is 14.8. The SMILES string of the molecule is O=C(O)c1cc(-c2ccccc2)nc2cc(Nn3cnnc3)ccc12. The van der Waals surface area contributed by atoms with Crippen LogP contribution in [0.5, 0.6) is 0 Å². The van der Waals surface area contributed by atoms with Gasteiger partial charge in [0.1, 0.15) is 12.7 Å². The highest BCUT2D eigenvalue weighted by Crippen LogP contribution is 2.27. The van der Waals surface area contributed by atoms with Gasteiger partial charge in [-0.3, -0.25) is 5.43 Å². The molecule has 0 aliphatic rings. The maximum Gasteiger partial charge on any atom is 0.336 e. The number of benzene rings is 2. The highest BCUT2D eigenvalue weighted by molar-refractivity contribution is 6.04. The van der Waals surface area contributed by atoms with Crippen molar-refractivity contribution in [2.45, 2.75) is 0 Å². The fourth-order valence-corrected chi connectivity index (χ4v) is 2.64. The molecular formula is C18H13N5O2. The standard InChI is InChI=1S/C18H13N5O2/c24-18(25)15-9-16(12-4-2-1-3-5-12)21-17-8-13(6-7-14(15)17)22-23-10-19-20-11-23/h1-11,22H,(H,24,25). The minimum Gasteiger partial charge on any atom is -0.478 e. The molecular weight excluding hydrogens is 318 g/mol. The molecule has 2 N–H and O–H groups in total. The van der Waals surface area contributed by atoms with Crippen molar-refractivity contribution in [3.8, 4) is 11.3 Å². The molecule has 0 fully saturated rings. The van der Waals surface area contributed by atoms with Gasteiger partial charge in [-0.1, -0.05) is 30.3 Å². The van der Waals surface area contributed by atoms with Crippen LogP contribution in [0.4, 0.5) is 5.69 Å². The van der Waals surface area contributed by atoms with Gasteiger partial charge in [0.25, 0.3) is 0 Å². The molecule has 2 aromatic carbocycles. The second-order valence-electron chi connectivity index (χ2n) is 5.44. The van der Waals surface area contributed by atoms with Crippen LogP contribution in [0.1, 0.15) is 10.4 Å². The molecule has 0 radical (unpaired) electrons. The quantitative estimate of drug-likeness (QED) is 0.597. The van der Waals surface area contributed by atoms with E-state index in [1.165, 1.54) is 12.7 Å². The van der Waals surface area contributed by atoms with Gasteiger partial charge >= 0.3 is 5.97 Å². The van der Waals surface area contributed by atoms with E-state index in [1.54, 1.807) is 28.9 Å². The molecule has 4 aromatic rings. The van der Waals surface area contributed by atoms with Gasteiger partial charge in [-0.05, 0) is 24.3 Å². The molecule has 0 unspecified atom stereocenters. The average molecular weight is 331 g/mol. The summed E-state index contributed by atoms with van der Waals surface area (Å²) in [6, 6.07) is 16.4. The van der Waals surface area contributed by atoms with Crippen molar-refractivity contribution in [3.05, 3.63) is 72.8 Å². The average Bonchev–Trinajstić information content (AvgIpc) is 3.14. The zero-order valence-corrected chi connectivity index (χ0v) is 13.0. The van der Waals surface area contributed by atoms with Crippen LogP contribution in [0.15, 0.2) is 67.3 Å². The zero-order valence-electron chi connectivity index (χ0n) is 13.0. The summed E-state index contributed by atoms with van der Waals surface area (Å²) in [6.45, 7) is 0. The van der Waals surface area contributed by atoms with Crippen molar-refractivity contribution in [1.82, 2.24) is 19.9 Å². The van der Waals surface area contributed by atoms with Crippen LogP contribution in [0, 0.1) is 0 Å². The van der Waals surface area contributed by atoms with Crippen molar-refractivity contribution in [1.29, 1.82) is 0 Å². The number of hydrogen-bond acceptors (Lipinski definition) is 5. The molecule has 0 saturated carbocycles. The first-order valence-corrected chi connectivity index (χ1v) is 7.56. The van der Waals surface area contributed by atoms with Crippen molar-refractivity contribution in [3.63, 3.8) is 0 Å². The van der Waals surface area contributed by atoms with Gasteiger partial charge in [-0.2, -0.15) is 0 Å². The van der Waals surface area contributed by atoms with E-state index in [2.05, 4.69) is 20.6 Å². The second kappa shape index (κ2) is 6.04. The van der Waals surface area contributed by atoms with Gasteiger partial charge in [0, 0.05) is 10.9 Å². The molecule has 0 atom stereocenters. The number of nitrogens with zero attached hydrogens (tertiary/aromatic N) is 4. The number of rotatable bonds is 4. The van der Waals surface area contributed by atoms with Gasteiger partial charge in [0.15, 0.2) is 0 Å². The van der Waals surface area contributed by atoms with E-state index >= 15 is 0 Å². The minimum atomic E-state index is -0.982. The predicted octanol–water partition coefficient (Wildman–Crippen LogP) is 3.07. The molecule has 4 rings (SSSR count). The van der Waals surface area contributed by atoms with Crippen LogP contribution in [0.25, 0.3) is 22.2 Å². The Balaban J connectivity index is 1.86. The summed E-state index contributed by atoms with van der Waals surface area (Å²) in [4.78, 5) is 16.3. The van der Waals surface area contributed by atoms with Gasteiger partial charge in [0.05, 0.1) is 22.5 Å². The monoisotopic (exact) mass is 331 g/mol. The Bertz CT molecular complexity index is 1050. The number of carbonyl (C=O) groups is 1. The number of nitrogens with one attached hydrogen (secondary N) is 1. The zero-order chi connectivity index (χ0) is 17.2. The largest absolute Gasteiger partial charge is 0.478 e. The van der Waals surface area contributed by atoms with Crippen LogP contribution >= 0.6 is 0 Å². The van der Waals surface area contributed by atoms with E-state index in [0.717, 1.165) is 11.3 Å². The van der Waals surface area contributed by atoms with E-state index in [4.69, 9.17) is 0 Å². The Morgan fingerprint density at radius 1 is 1.00 bits per heavy atom. The lowest BCUT2D eigenvalue weighted by atomic mass is 10.0. The van der Waals surface area contributed by atoms with E-state index in [-0.39, 0.29) is 5.56 Å². The summed E-state index contributed by atoms with van der Waals surface area (Å²) >= 11 is 0. The van der Waals surface area contributed by atoms with Gasteiger partial charge in [-0.15, -0.1) is 10.2 Å². The number of fused-ring (bicyclic) bond motifs is 1. The normalized spacial score (nSPS) is 10.7. The first-order valence-electron chi connectivity index (χ1n) is 7.56. The number of hydrogen-bond donors (Lipinski definition) is 2. The fourth-order valence-electron chi connectivity index (χ4n) is 2.64. The Morgan fingerprint density at radius 2 is 1.76 bits per heavy atom. The maximum atomic E-state index is 11.7. The van der Waals surface area contributed by atoms with Crippen LogP contribution < -0.4 is 5.43 Å². The molecule has 0 bridgehead atoms. The van der Waals surface area contributed by atoms with Crippen molar-refractivity contribution in [2.75, 3.05) is 5.43 Å². The number of pyridine rings is 1. The number of aromatic nitrogens is 4. The summed E-state index contributed by atoms with van der Waals surface area (Å²) in [5.74, 6) is -0.982. The number of carboxylic acids is 1. The molecule has 25 heavy (non-hydrogen) atoms.